The number of benzene rings is 1. The summed E-state index contributed by atoms with van der Waals surface area (Å²) in [6.07, 6.45) is 6.26. The van der Waals surface area contributed by atoms with Gasteiger partial charge in [0.15, 0.2) is 0 Å². The molecule has 0 N–H and O–H groups in total. The standard InChI is InChI=1S/C21H29NO2/c1-14-8-15(2)10-16(9-14)11-17-12-18-6-7-19(13-17)22(18)20(23)24-21(3,4)5/h8-10,12,18-19H,6-7,11,13H2,1-5H3. The van der Waals surface area contributed by atoms with E-state index in [1.807, 2.05) is 25.7 Å². The Hall–Kier alpha value is -1.77. The van der Waals surface area contributed by atoms with Crippen LogP contribution in [0.3, 0.4) is 0 Å². The Balaban J connectivity index is 1.73. The summed E-state index contributed by atoms with van der Waals surface area (Å²) in [6, 6.07) is 7.27. The Morgan fingerprint density at radius 2 is 1.83 bits per heavy atom. The summed E-state index contributed by atoms with van der Waals surface area (Å²) in [5, 5.41) is 0. The minimum absolute atomic E-state index is 0.156. The highest BCUT2D eigenvalue weighted by Crippen LogP contribution is 2.37. The summed E-state index contributed by atoms with van der Waals surface area (Å²) in [6.45, 7) is 10.1. The van der Waals surface area contributed by atoms with Crippen LogP contribution in [-0.4, -0.2) is 28.7 Å². The molecular formula is C21H29NO2. The molecule has 2 aliphatic rings. The second-order valence-corrected chi connectivity index (χ2v) is 8.39. The first-order chi connectivity index (χ1) is 11.2. The van der Waals surface area contributed by atoms with Gasteiger partial charge in [-0.2, -0.15) is 0 Å². The van der Waals surface area contributed by atoms with Gasteiger partial charge in [0.1, 0.15) is 5.60 Å². The van der Waals surface area contributed by atoms with Gasteiger partial charge in [-0.3, -0.25) is 4.90 Å². The zero-order chi connectivity index (χ0) is 17.5. The Kier molecular flexibility index (Phi) is 4.46. The van der Waals surface area contributed by atoms with Crippen molar-refractivity contribution in [3.8, 4) is 0 Å². The maximum absolute atomic E-state index is 12.5. The molecular weight excluding hydrogens is 298 g/mol. The summed E-state index contributed by atoms with van der Waals surface area (Å²) < 4.78 is 5.60. The molecule has 24 heavy (non-hydrogen) atoms. The van der Waals surface area contributed by atoms with E-state index in [0.29, 0.717) is 6.04 Å². The molecule has 0 radical (unpaired) electrons. The van der Waals surface area contributed by atoms with Crippen molar-refractivity contribution in [1.82, 2.24) is 4.90 Å². The molecule has 0 spiro atoms. The third kappa shape index (κ3) is 3.82. The van der Waals surface area contributed by atoms with E-state index in [4.69, 9.17) is 4.74 Å². The topological polar surface area (TPSA) is 29.5 Å². The first-order valence-electron chi connectivity index (χ1n) is 8.99. The molecule has 0 aliphatic carbocycles. The second kappa shape index (κ2) is 6.27. The molecule has 3 heteroatoms. The van der Waals surface area contributed by atoms with Crippen LogP contribution in [0.25, 0.3) is 0 Å². The van der Waals surface area contributed by atoms with Crippen LogP contribution in [0.1, 0.15) is 56.7 Å². The van der Waals surface area contributed by atoms with Crippen molar-refractivity contribution < 1.29 is 9.53 Å². The number of amides is 1. The number of carbonyl (C=O) groups excluding carboxylic acids is 1. The van der Waals surface area contributed by atoms with Crippen molar-refractivity contribution in [2.75, 3.05) is 0 Å². The molecule has 1 amide bonds. The normalized spacial score (nSPS) is 23.2. The van der Waals surface area contributed by atoms with Gasteiger partial charge in [0.05, 0.1) is 6.04 Å². The maximum atomic E-state index is 12.5. The molecule has 1 fully saturated rings. The minimum Gasteiger partial charge on any atom is -0.444 e. The number of hydrogen-bond acceptors (Lipinski definition) is 2. The smallest absolute Gasteiger partial charge is 0.411 e. The van der Waals surface area contributed by atoms with Gasteiger partial charge in [0.25, 0.3) is 0 Å². The summed E-state index contributed by atoms with van der Waals surface area (Å²) in [7, 11) is 0. The number of fused-ring (bicyclic) bond motifs is 2. The molecule has 0 aromatic heterocycles. The van der Waals surface area contributed by atoms with Crippen molar-refractivity contribution in [3.05, 3.63) is 46.5 Å². The number of carbonyl (C=O) groups is 1. The van der Waals surface area contributed by atoms with Gasteiger partial charge in [0, 0.05) is 6.04 Å². The SMILES string of the molecule is Cc1cc(C)cc(CC2=CC3CCC(C2)N3C(=O)OC(C)(C)C)c1. The molecule has 2 bridgehead atoms. The van der Waals surface area contributed by atoms with Crippen molar-refractivity contribution in [2.24, 2.45) is 0 Å². The molecule has 0 saturated carbocycles. The molecule has 3 nitrogen and oxygen atoms in total. The van der Waals surface area contributed by atoms with Crippen LogP contribution in [-0.2, 0) is 11.2 Å². The fraction of sp³-hybridized carbons (Fsp3) is 0.571. The number of ether oxygens (including phenoxy) is 1. The van der Waals surface area contributed by atoms with Gasteiger partial charge in [-0.1, -0.05) is 41.0 Å². The Labute approximate surface area is 145 Å². The van der Waals surface area contributed by atoms with Crippen LogP contribution in [0.15, 0.2) is 29.8 Å². The molecule has 2 unspecified atom stereocenters. The van der Waals surface area contributed by atoms with E-state index >= 15 is 0 Å². The van der Waals surface area contributed by atoms with E-state index in [1.54, 1.807) is 0 Å². The third-order valence-corrected chi connectivity index (χ3v) is 4.79. The third-order valence-electron chi connectivity index (χ3n) is 4.79. The first-order valence-corrected chi connectivity index (χ1v) is 8.99. The Morgan fingerprint density at radius 3 is 2.42 bits per heavy atom. The molecule has 2 aliphatic heterocycles. The first kappa shape index (κ1) is 17.1. The average Bonchev–Trinajstić information content (AvgIpc) is 2.68. The maximum Gasteiger partial charge on any atom is 0.411 e. The highest BCUT2D eigenvalue weighted by atomic mass is 16.6. The molecule has 130 valence electrons. The van der Waals surface area contributed by atoms with Crippen molar-refractivity contribution in [1.29, 1.82) is 0 Å². The lowest BCUT2D eigenvalue weighted by atomic mass is 9.94. The average molecular weight is 327 g/mol. The van der Waals surface area contributed by atoms with Gasteiger partial charge in [-0.05, 0) is 65.9 Å². The van der Waals surface area contributed by atoms with E-state index in [9.17, 15) is 4.79 Å². The summed E-state index contributed by atoms with van der Waals surface area (Å²) in [5.74, 6) is 0. The zero-order valence-electron chi connectivity index (χ0n) is 15.6. The van der Waals surface area contributed by atoms with Crippen LogP contribution < -0.4 is 0 Å². The van der Waals surface area contributed by atoms with E-state index < -0.39 is 5.60 Å². The lowest BCUT2D eigenvalue weighted by molar-refractivity contribution is 0.0166. The molecule has 3 rings (SSSR count). The number of rotatable bonds is 2. The Bertz CT molecular complexity index is 649. The van der Waals surface area contributed by atoms with Crippen LogP contribution in [0.2, 0.25) is 0 Å². The Morgan fingerprint density at radius 1 is 1.17 bits per heavy atom. The van der Waals surface area contributed by atoms with Gasteiger partial charge < -0.3 is 4.74 Å². The van der Waals surface area contributed by atoms with Crippen LogP contribution in [0.5, 0.6) is 0 Å². The van der Waals surface area contributed by atoms with Crippen molar-refractivity contribution >= 4 is 6.09 Å². The van der Waals surface area contributed by atoms with E-state index in [1.165, 1.54) is 22.3 Å². The molecule has 2 atom stereocenters. The predicted molar refractivity (Wildman–Crippen MR) is 97.2 cm³/mol. The molecule has 2 heterocycles. The van der Waals surface area contributed by atoms with E-state index in [-0.39, 0.29) is 12.1 Å². The highest BCUT2D eigenvalue weighted by Gasteiger charge is 2.41. The van der Waals surface area contributed by atoms with Crippen LogP contribution in [0.4, 0.5) is 4.79 Å². The fourth-order valence-electron chi connectivity index (χ4n) is 4.08. The zero-order valence-corrected chi connectivity index (χ0v) is 15.6. The quantitative estimate of drug-likeness (QED) is 0.720. The monoisotopic (exact) mass is 327 g/mol. The van der Waals surface area contributed by atoms with Crippen LogP contribution >= 0.6 is 0 Å². The predicted octanol–water partition coefficient (Wildman–Crippen LogP) is 4.94. The van der Waals surface area contributed by atoms with Crippen molar-refractivity contribution in [3.63, 3.8) is 0 Å². The number of aryl methyl sites for hydroxylation is 2. The minimum atomic E-state index is -0.431. The highest BCUT2D eigenvalue weighted by molar-refractivity contribution is 5.70. The number of nitrogens with zero attached hydrogens (tertiary/aromatic N) is 1. The molecule has 1 aromatic carbocycles. The van der Waals surface area contributed by atoms with Gasteiger partial charge in [-0.25, -0.2) is 4.79 Å². The summed E-state index contributed by atoms with van der Waals surface area (Å²) in [5.41, 5.74) is 5.05. The van der Waals surface area contributed by atoms with Crippen molar-refractivity contribution in [2.45, 2.75) is 78.0 Å². The fourth-order valence-corrected chi connectivity index (χ4v) is 4.08. The number of hydrogen-bond donors (Lipinski definition) is 0. The summed E-state index contributed by atoms with van der Waals surface area (Å²) in [4.78, 5) is 14.5. The summed E-state index contributed by atoms with van der Waals surface area (Å²) >= 11 is 0. The molecule has 1 saturated heterocycles. The second-order valence-electron chi connectivity index (χ2n) is 8.39. The largest absolute Gasteiger partial charge is 0.444 e. The van der Waals surface area contributed by atoms with Gasteiger partial charge in [-0.15, -0.1) is 0 Å². The molecule has 1 aromatic rings. The van der Waals surface area contributed by atoms with E-state index in [0.717, 1.165) is 25.7 Å². The van der Waals surface area contributed by atoms with E-state index in [2.05, 4.69) is 38.1 Å². The lowest BCUT2D eigenvalue weighted by Crippen LogP contribution is -2.45. The lowest BCUT2D eigenvalue weighted by Gasteiger charge is -2.35. The van der Waals surface area contributed by atoms with Gasteiger partial charge >= 0.3 is 6.09 Å². The van der Waals surface area contributed by atoms with Gasteiger partial charge in [0.2, 0.25) is 0 Å². The van der Waals surface area contributed by atoms with Crippen LogP contribution in [0, 0.1) is 13.8 Å².